The molecule has 0 radical (unpaired) electrons. The lowest BCUT2D eigenvalue weighted by Crippen LogP contribution is -2.42. The van der Waals surface area contributed by atoms with Crippen LogP contribution in [-0.4, -0.2) is 12.2 Å². The molecule has 13 heavy (non-hydrogen) atoms. The summed E-state index contributed by atoms with van der Waals surface area (Å²) < 4.78 is 5.68. The minimum absolute atomic E-state index is 0.299. The summed E-state index contributed by atoms with van der Waals surface area (Å²) in [6, 6.07) is 0. The first-order chi connectivity index (χ1) is 6.22. The Morgan fingerprint density at radius 2 is 2.08 bits per heavy atom. The van der Waals surface area contributed by atoms with Gasteiger partial charge >= 0.3 is 0 Å². The molecule has 0 N–H and O–H groups in total. The molecule has 0 amide bonds. The van der Waals surface area contributed by atoms with Gasteiger partial charge in [-0.15, -0.1) is 0 Å². The van der Waals surface area contributed by atoms with Crippen LogP contribution in [0.3, 0.4) is 0 Å². The molecule has 0 spiro atoms. The van der Waals surface area contributed by atoms with Gasteiger partial charge in [0.25, 0.3) is 0 Å². The molecule has 1 fully saturated rings. The average Bonchev–Trinajstić information content (AvgIpc) is 2.09. The fourth-order valence-electron chi connectivity index (χ4n) is 2.02. The monoisotopic (exact) mass is 184 g/mol. The van der Waals surface area contributed by atoms with Gasteiger partial charge in [0.1, 0.15) is 0 Å². The molecule has 0 saturated carbocycles. The van der Waals surface area contributed by atoms with Crippen LogP contribution >= 0.6 is 0 Å². The lowest BCUT2D eigenvalue weighted by molar-refractivity contribution is -0.154. The van der Waals surface area contributed by atoms with E-state index in [4.69, 9.17) is 4.74 Å². The van der Waals surface area contributed by atoms with E-state index < -0.39 is 0 Å². The lowest BCUT2D eigenvalue weighted by Gasteiger charge is -2.41. The SMILES string of the molecule is CCC(C)CCCC1(CC)CCO1. The number of hydrogen-bond donors (Lipinski definition) is 0. The summed E-state index contributed by atoms with van der Waals surface area (Å²) in [4.78, 5) is 0. The van der Waals surface area contributed by atoms with Gasteiger partial charge in [-0.25, -0.2) is 0 Å². The highest BCUT2D eigenvalue weighted by atomic mass is 16.5. The van der Waals surface area contributed by atoms with Crippen molar-refractivity contribution in [3.63, 3.8) is 0 Å². The van der Waals surface area contributed by atoms with Gasteiger partial charge in [-0.1, -0.05) is 40.0 Å². The summed E-state index contributed by atoms with van der Waals surface area (Å²) in [6.45, 7) is 7.87. The Hall–Kier alpha value is -0.0400. The van der Waals surface area contributed by atoms with Crippen LogP contribution in [0.1, 0.15) is 59.3 Å². The van der Waals surface area contributed by atoms with Gasteiger partial charge in [-0.3, -0.25) is 0 Å². The van der Waals surface area contributed by atoms with Crippen molar-refractivity contribution < 1.29 is 4.74 Å². The summed E-state index contributed by atoms with van der Waals surface area (Å²) >= 11 is 0. The predicted molar refractivity (Wildman–Crippen MR) is 56.9 cm³/mol. The van der Waals surface area contributed by atoms with E-state index in [9.17, 15) is 0 Å². The van der Waals surface area contributed by atoms with E-state index in [-0.39, 0.29) is 0 Å². The van der Waals surface area contributed by atoms with E-state index in [0.717, 1.165) is 12.5 Å². The number of rotatable bonds is 6. The second-order valence-electron chi connectivity index (χ2n) is 4.54. The third kappa shape index (κ3) is 2.98. The van der Waals surface area contributed by atoms with E-state index in [1.165, 1.54) is 38.5 Å². The molecule has 1 heterocycles. The van der Waals surface area contributed by atoms with Crippen LogP contribution < -0.4 is 0 Å². The molecule has 0 aromatic rings. The summed E-state index contributed by atoms with van der Waals surface area (Å²) in [7, 11) is 0. The van der Waals surface area contributed by atoms with Gasteiger partial charge in [-0.05, 0) is 25.2 Å². The van der Waals surface area contributed by atoms with Crippen molar-refractivity contribution in [2.45, 2.75) is 64.9 Å². The molecule has 1 heteroatoms. The maximum atomic E-state index is 5.68. The maximum absolute atomic E-state index is 5.68. The van der Waals surface area contributed by atoms with E-state index in [0.29, 0.717) is 5.60 Å². The summed E-state index contributed by atoms with van der Waals surface area (Å²) in [6.07, 6.45) is 7.83. The highest BCUT2D eigenvalue weighted by molar-refractivity contribution is 4.85. The Morgan fingerprint density at radius 1 is 1.38 bits per heavy atom. The molecule has 1 aliphatic rings. The first-order valence-electron chi connectivity index (χ1n) is 5.86. The van der Waals surface area contributed by atoms with E-state index in [1.807, 2.05) is 0 Å². The van der Waals surface area contributed by atoms with Gasteiger partial charge < -0.3 is 4.74 Å². The zero-order valence-electron chi connectivity index (χ0n) is 9.44. The Balaban J connectivity index is 2.10. The molecule has 0 aliphatic carbocycles. The molecule has 78 valence electrons. The highest BCUT2D eigenvalue weighted by Gasteiger charge is 2.35. The van der Waals surface area contributed by atoms with Crippen LogP contribution in [0.2, 0.25) is 0 Å². The predicted octanol–water partition coefficient (Wildman–Crippen LogP) is 3.77. The minimum atomic E-state index is 0.299. The second-order valence-corrected chi connectivity index (χ2v) is 4.54. The normalized spacial score (nSPS) is 29.8. The Bertz CT molecular complexity index is 133. The highest BCUT2D eigenvalue weighted by Crippen LogP contribution is 2.35. The molecule has 1 aliphatic heterocycles. The van der Waals surface area contributed by atoms with Gasteiger partial charge in [-0.2, -0.15) is 0 Å². The summed E-state index contributed by atoms with van der Waals surface area (Å²) in [5.41, 5.74) is 0.299. The molecule has 1 nitrogen and oxygen atoms in total. The first-order valence-corrected chi connectivity index (χ1v) is 5.86. The van der Waals surface area contributed by atoms with Crippen molar-refractivity contribution in [3.8, 4) is 0 Å². The van der Waals surface area contributed by atoms with Crippen LogP contribution in [0.4, 0.5) is 0 Å². The Kier molecular flexibility index (Phi) is 4.24. The van der Waals surface area contributed by atoms with Crippen LogP contribution in [0.25, 0.3) is 0 Å². The van der Waals surface area contributed by atoms with Gasteiger partial charge in [0, 0.05) is 0 Å². The largest absolute Gasteiger partial charge is 0.375 e. The molecule has 0 bridgehead atoms. The van der Waals surface area contributed by atoms with E-state index in [2.05, 4.69) is 20.8 Å². The Morgan fingerprint density at radius 3 is 2.46 bits per heavy atom. The zero-order chi connectivity index (χ0) is 9.73. The zero-order valence-corrected chi connectivity index (χ0v) is 9.44. The average molecular weight is 184 g/mol. The van der Waals surface area contributed by atoms with Gasteiger partial charge in [0.15, 0.2) is 0 Å². The molecule has 2 unspecified atom stereocenters. The van der Waals surface area contributed by atoms with Crippen molar-refractivity contribution in [2.24, 2.45) is 5.92 Å². The smallest absolute Gasteiger partial charge is 0.0701 e. The third-order valence-electron chi connectivity index (χ3n) is 3.64. The third-order valence-corrected chi connectivity index (χ3v) is 3.64. The minimum Gasteiger partial charge on any atom is -0.375 e. The van der Waals surface area contributed by atoms with Crippen molar-refractivity contribution in [3.05, 3.63) is 0 Å². The molecule has 2 atom stereocenters. The van der Waals surface area contributed by atoms with E-state index in [1.54, 1.807) is 0 Å². The van der Waals surface area contributed by atoms with Crippen LogP contribution in [0.15, 0.2) is 0 Å². The van der Waals surface area contributed by atoms with Crippen molar-refractivity contribution in [1.82, 2.24) is 0 Å². The van der Waals surface area contributed by atoms with Crippen molar-refractivity contribution in [1.29, 1.82) is 0 Å². The molecular weight excluding hydrogens is 160 g/mol. The van der Waals surface area contributed by atoms with E-state index >= 15 is 0 Å². The molecule has 1 rings (SSSR count). The van der Waals surface area contributed by atoms with Crippen LogP contribution in [-0.2, 0) is 4.74 Å². The second kappa shape index (κ2) is 4.99. The van der Waals surface area contributed by atoms with Gasteiger partial charge in [0.05, 0.1) is 12.2 Å². The fourth-order valence-corrected chi connectivity index (χ4v) is 2.02. The lowest BCUT2D eigenvalue weighted by atomic mass is 9.85. The maximum Gasteiger partial charge on any atom is 0.0701 e. The molecule has 0 aromatic carbocycles. The summed E-state index contributed by atoms with van der Waals surface area (Å²) in [5, 5.41) is 0. The van der Waals surface area contributed by atoms with Crippen LogP contribution in [0.5, 0.6) is 0 Å². The first kappa shape index (κ1) is 11.0. The number of hydrogen-bond acceptors (Lipinski definition) is 1. The molecular formula is C12H24O. The molecule has 1 saturated heterocycles. The standard InChI is InChI=1S/C12H24O/c1-4-11(3)7-6-8-12(5-2)9-10-13-12/h11H,4-10H2,1-3H3. The molecule has 0 aromatic heterocycles. The van der Waals surface area contributed by atoms with Crippen molar-refractivity contribution in [2.75, 3.05) is 6.61 Å². The van der Waals surface area contributed by atoms with Crippen LogP contribution in [0, 0.1) is 5.92 Å². The Labute approximate surface area is 82.9 Å². The fraction of sp³-hybridized carbons (Fsp3) is 1.00. The van der Waals surface area contributed by atoms with Gasteiger partial charge in [0.2, 0.25) is 0 Å². The quantitative estimate of drug-likeness (QED) is 0.610. The summed E-state index contributed by atoms with van der Waals surface area (Å²) in [5.74, 6) is 0.897. The van der Waals surface area contributed by atoms with Crippen molar-refractivity contribution >= 4 is 0 Å². The number of ether oxygens (including phenoxy) is 1. The topological polar surface area (TPSA) is 9.23 Å².